The molecule has 0 aliphatic heterocycles. The number of carbonyl (C=O) groups excluding carboxylic acids is 2. The number of benzene rings is 1. The van der Waals surface area contributed by atoms with Gasteiger partial charge in [0, 0.05) is 17.6 Å². The van der Waals surface area contributed by atoms with Gasteiger partial charge in [0.25, 0.3) is 11.8 Å². The molecule has 2 N–H and O–H groups in total. The van der Waals surface area contributed by atoms with E-state index in [0.717, 1.165) is 0 Å². The van der Waals surface area contributed by atoms with Gasteiger partial charge in [0.1, 0.15) is 5.54 Å². The van der Waals surface area contributed by atoms with Crippen molar-refractivity contribution in [3.05, 3.63) is 53.4 Å². The number of nitrogens with zero attached hydrogens (tertiary/aromatic N) is 2. The first-order valence-electron chi connectivity index (χ1n) is 10.7. The van der Waals surface area contributed by atoms with Crippen LogP contribution in [0.15, 0.2) is 46.5 Å². The van der Waals surface area contributed by atoms with Gasteiger partial charge in [0.15, 0.2) is 5.82 Å². The summed E-state index contributed by atoms with van der Waals surface area (Å²) in [6.45, 7) is 2.95. The van der Waals surface area contributed by atoms with Gasteiger partial charge in [-0.25, -0.2) is 8.78 Å². The van der Waals surface area contributed by atoms with Crippen molar-refractivity contribution in [2.45, 2.75) is 56.8 Å². The fraction of sp³-hybridized carbons (Fsp3) is 0.391. The molecule has 0 spiro atoms. The van der Waals surface area contributed by atoms with E-state index in [0.29, 0.717) is 22.5 Å². The molecule has 1 fully saturated rings. The molecule has 2 aliphatic carbocycles. The van der Waals surface area contributed by atoms with Crippen LogP contribution in [0.3, 0.4) is 0 Å². The minimum absolute atomic E-state index is 0.0151. The van der Waals surface area contributed by atoms with E-state index in [1.165, 1.54) is 19.1 Å². The van der Waals surface area contributed by atoms with Crippen molar-refractivity contribution in [3.63, 3.8) is 0 Å². The van der Waals surface area contributed by atoms with Gasteiger partial charge in [-0.15, -0.1) is 0 Å². The maximum Gasteiger partial charge on any atom is 0.471 e. The van der Waals surface area contributed by atoms with E-state index in [2.05, 4.69) is 15.5 Å². The van der Waals surface area contributed by atoms with Gasteiger partial charge in [0.05, 0.1) is 6.04 Å². The molecular formula is C23H21F5N4O3. The number of allylic oxidation sites excluding steroid dienone is 3. The first-order valence-corrected chi connectivity index (χ1v) is 10.7. The van der Waals surface area contributed by atoms with Crippen LogP contribution >= 0.6 is 0 Å². The molecule has 1 saturated carbocycles. The molecule has 4 rings (SSSR count). The zero-order valence-corrected chi connectivity index (χ0v) is 18.7. The van der Waals surface area contributed by atoms with E-state index in [-0.39, 0.29) is 18.7 Å². The normalized spacial score (nSPS) is 19.3. The van der Waals surface area contributed by atoms with Crippen LogP contribution in [0, 0.1) is 6.92 Å². The average Bonchev–Trinajstić information content (AvgIpc) is 3.43. The van der Waals surface area contributed by atoms with Crippen LogP contribution in [0.2, 0.25) is 0 Å². The Morgan fingerprint density at radius 1 is 1.11 bits per heavy atom. The molecule has 0 unspecified atom stereocenters. The molecule has 12 heteroatoms. The van der Waals surface area contributed by atoms with Gasteiger partial charge in [-0.2, -0.15) is 18.2 Å². The number of halogens is 5. The summed E-state index contributed by atoms with van der Waals surface area (Å²) < 4.78 is 73.3. The van der Waals surface area contributed by atoms with E-state index in [9.17, 15) is 22.8 Å². The van der Waals surface area contributed by atoms with Crippen LogP contribution in [0.4, 0.5) is 22.0 Å². The molecule has 1 heterocycles. The highest BCUT2D eigenvalue weighted by atomic mass is 19.4. The SMILES string of the molecule is Cc1noc(-c2ccccc2C2=CC=C([C@@H](C)NC(=O)C3(NC(=O)C(F)(F)F)CC3)C(F)(F)C2)n1. The zero-order valence-electron chi connectivity index (χ0n) is 18.7. The third-order valence-corrected chi connectivity index (χ3v) is 5.94. The van der Waals surface area contributed by atoms with Crippen LogP contribution in [0.5, 0.6) is 0 Å². The van der Waals surface area contributed by atoms with Crippen molar-refractivity contribution >= 4 is 17.4 Å². The Morgan fingerprint density at radius 3 is 2.31 bits per heavy atom. The summed E-state index contributed by atoms with van der Waals surface area (Å²) in [4.78, 5) is 27.9. The second-order valence-corrected chi connectivity index (χ2v) is 8.62. The third kappa shape index (κ3) is 4.96. The number of amides is 2. The van der Waals surface area contributed by atoms with Crippen LogP contribution in [0.1, 0.15) is 37.6 Å². The Hall–Kier alpha value is -3.57. The van der Waals surface area contributed by atoms with Crippen LogP contribution in [0.25, 0.3) is 17.0 Å². The van der Waals surface area contributed by atoms with E-state index in [4.69, 9.17) is 4.52 Å². The molecule has 0 saturated heterocycles. The summed E-state index contributed by atoms with van der Waals surface area (Å²) in [6.07, 6.45) is -3.18. The topological polar surface area (TPSA) is 97.1 Å². The van der Waals surface area contributed by atoms with Crippen LogP contribution in [-0.2, 0) is 9.59 Å². The lowest BCUT2D eigenvalue weighted by Gasteiger charge is -2.30. The molecule has 2 aliphatic rings. The van der Waals surface area contributed by atoms with E-state index >= 15 is 8.78 Å². The Kier molecular flexibility index (Phi) is 6.02. The number of alkyl halides is 5. The Morgan fingerprint density at radius 2 is 1.77 bits per heavy atom. The van der Waals surface area contributed by atoms with Crippen molar-refractivity contribution in [1.29, 1.82) is 0 Å². The van der Waals surface area contributed by atoms with Crippen molar-refractivity contribution in [3.8, 4) is 11.5 Å². The highest BCUT2D eigenvalue weighted by Gasteiger charge is 2.55. The predicted octanol–water partition coefficient (Wildman–Crippen LogP) is 4.11. The van der Waals surface area contributed by atoms with E-state index in [1.54, 1.807) is 36.5 Å². The number of carbonyl (C=O) groups is 2. The number of nitrogens with one attached hydrogen (secondary N) is 2. The molecule has 35 heavy (non-hydrogen) atoms. The van der Waals surface area contributed by atoms with Crippen LogP contribution < -0.4 is 10.6 Å². The number of rotatable bonds is 6. The summed E-state index contributed by atoms with van der Waals surface area (Å²) in [6, 6.07) is 5.54. The average molecular weight is 496 g/mol. The molecule has 1 aromatic carbocycles. The smallest absolute Gasteiger partial charge is 0.348 e. The number of aryl methyl sites for hydroxylation is 1. The number of aromatic nitrogens is 2. The fourth-order valence-electron chi connectivity index (χ4n) is 3.95. The molecule has 2 aromatic rings. The van der Waals surface area contributed by atoms with Gasteiger partial charge in [-0.3, -0.25) is 9.59 Å². The predicted molar refractivity (Wildman–Crippen MR) is 114 cm³/mol. The van der Waals surface area contributed by atoms with Gasteiger partial charge in [-0.1, -0.05) is 35.5 Å². The number of hydrogen-bond acceptors (Lipinski definition) is 5. The van der Waals surface area contributed by atoms with Crippen molar-refractivity contribution in [2.24, 2.45) is 0 Å². The van der Waals surface area contributed by atoms with E-state index < -0.39 is 47.5 Å². The molecule has 2 amide bonds. The lowest BCUT2D eigenvalue weighted by molar-refractivity contribution is -0.175. The van der Waals surface area contributed by atoms with Gasteiger partial charge >= 0.3 is 12.1 Å². The quantitative estimate of drug-likeness (QED) is 0.587. The third-order valence-electron chi connectivity index (χ3n) is 5.94. The fourth-order valence-corrected chi connectivity index (χ4v) is 3.95. The van der Waals surface area contributed by atoms with Gasteiger partial charge in [0.2, 0.25) is 5.91 Å². The minimum Gasteiger partial charge on any atom is -0.348 e. The molecule has 186 valence electrons. The second kappa shape index (κ2) is 8.58. The monoisotopic (exact) mass is 496 g/mol. The highest BCUT2D eigenvalue weighted by molar-refractivity contribution is 5.95. The summed E-state index contributed by atoms with van der Waals surface area (Å²) >= 11 is 0. The first kappa shape index (κ1) is 24.6. The molecule has 0 radical (unpaired) electrons. The number of hydrogen-bond donors (Lipinski definition) is 2. The summed E-state index contributed by atoms with van der Waals surface area (Å²) in [5, 5.41) is 7.73. The lowest BCUT2D eigenvalue weighted by Crippen LogP contribution is -2.55. The first-order chi connectivity index (χ1) is 16.3. The largest absolute Gasteiger partial charge is 0.471 e. The van der Waals surface area contributed by atoms with Gasteiger partial charge in [-0.05, 0) is 43.9 Å². The summed E-state index contributed by atoms with van der Waals surface area (Å²) in [7, 11) is 0. The Balaban J connectivity index is 1.54. The van der Waals surface area contributed by atoms with Crippen molar-refractivity contribution in [2.75, 3.05) is 0 Å². The Bertz CT molecular complexity index is 1230. The van der Waals surface area contributed by atoms with Crippen molar-refractivity contribution < 1.29 is 36.1 Å². The molecule has 7 nitrogen and oxygen atoms in total. The maximum absolute atomic E-state index is 15.2. The Labute approximate surface area is 196 Å². The minimum atomic E-state index is -5.15. The zero-order chi connectivity index (χ0) is 25.6. The van der Waals surface area contributed by atoms with Crippen LogP contribution in [-0.4, -0.2) is 45.6 Å². The summed E-state index contributed by atoms with van der Waals surface area (Å²) in [5.41, 5.74) is -0.870. The van der Waals surface area contributed by atoms with Crippen molar-refractivity contribution in [1.82, 2.24) is 20.8 Å². The lowest BCUT2D eigenvalue weighted by atomic mass is 9.85. The molecule has 1 atom stereocenters. The molecular weight excluding hydrogens is 475 g/mol. The van der Waals surface area contributed by atoms with E-state index in [1.807, 2.05) is 0 Å². The molecule has 1 aromatic heterocycles. The standard InChI is InChI=1S/C23H21F5N4O3/c1-12(29-19(33)21(9-10-21)31-20(34)23(26,27)28)17-8-7-14(11-22(17,24)25)15-5-3-4-6-16(15)18-30-13(2)32-35-18/h3-8,12H,9-11H2,1-2H3,(H,29,33)(H,31,34)/t12-/m1/s1. The second-order valence-electron chi connectivity index (χ2n) is 8.62. The molecule has 0 bridgehead atoms. The maximum atomic E-state index is 15.2. The highest BCUT2D eigenvalue weighted by Crippen LogP contribution is 2.43. The van der Waals surface area contributed by atoms with Gasteiger partial charge < -0.3 is 15.2 Å². The summed E-state index contributed by atoms with van der Waals surface area (Å²) in [5.74, 6) is -5.97.